The zero-order valence-corrected chi connectivity index (χ0v) is 16.4. The smallest absolute Gasteiger partial charge is 0.240 e. The van der Waals surface area contributed by atoms with Gasteiger partial charge in [-0.15, -0.1) is 0 Å². The lowest BCUT2D eigenvalue weighted by Crippen LogP contribution is -2.28. The molecule has 0 aromatic heterocycles. The second-order valence-electron chi connectivity index (χ2n) is 5.89. The number of hydrogen-bond donors (Lipinski definition) is 2. The first-order chi connectivity index (χ1) is 13.6. The molecule has 28 heavy (non-hydrogen) atoms. The van der Waals surface area contributed by atoms with Crippen molar-refractivity contribution in [3.8, 4) is 11.5 Å². The summed E-state index contributed by atoms with van der Waals surface area (Å²) in [6, 6.07) is 14.4. The van der Waals surface area contributed by atoms with E-state index in [1.165, 1.54) is 18.9 Å². The third kappa shape index (κ3) is 5.04. The monoisotopic (exact) mass is 399 g/mol. The van der Waals surface area contributed by atoms with Gasteiger partial charge in [-0.1, -0.05) is 23.9 Å². The van der Waals surface area contributed by atoms with E-state index in [9.17, 15) is 9.59 Å². The topological polar surface area (TPSA) is 89.0 Å². The molecule has 0 saturated carbocycles. The summed E-state index contributed by atoms with van der Waals surface area (Å²) in [7, 11) is 1.54. The molecule has 1 unspecified atom stereocenters. The van der Waals surface area contributed by atoms with Crippen molar-refractivity contribution >= 4 is 40.1 Å². The molecule has 2 aromatic carbocycles. The molecule has 0 spiro atoms. The summed E-state index contributed by atoms with van der Waals surface area (Å²) in [4.78, 5) is 28.9. The molecular formula is C20H21N3O4S. The second kappa shape index (κ2) is 9.27. The highest BCUT2D eigenvalue weighted by atomic mass is 32.2. The molecule has 2 aromatic rings. The minimum atomic E-state index is -0.531. The van der Waals surface area contributed by atoms with Crippen LogP contribution in [0.2, 0.25) is 0 Å². The van der Waals surface area contributed by atoms with Crippen LogP contribution in [-0.4, -0.2) is 35.9 Å². The zero-order valence-electron chi connectivity index (χ0n) is 15.6. The van der Waals surface area contributed by atoms with Crippen LogP contribution >= 0.6 is 11.8 Å². The molecule has 2 N–H and O–H groups in total. The molecule has 2 amide bonds. The number of benzene rings is 2. The van der Waals surface area contributed by atoms with Gasteiger partial charge in [0.1, 0.15) is 16.7 Å². The highest BCUT2D eigenvalue weighted by Gasteiger charge is 2.32. The van der Waals surface area contributed by atoms with Crippen LogP contribution in [0.4, 0.5) is 11.4 Å². The molecule has 0 aliphatic carbocycles. The quantitative estimate of drug-likeness (QED) is 0.745. The van der Waals surface area contributed by atoms with Crippen molar-refractivity contribution in [3.05, 3.63) is 48.5 Å². The fourth-order valence-electron chi connectivity index (χ4n) is 2.61. The molecule has 1 atom stereocenters. The normalized spacial score (nSPS) is 17.3. The molecule has 1 aliphatic rings. The van der Waals surface area contributed by atoms with E-state index in [1.54, 1.807) is 18.2 Å². The number of ether oxygens (including phenoxy) is 2. The molecular weight excluding hydrogens is 378 g/mol. The summed E-state index contributed by atoms with van der Waals surface area (Å²) in [5, 5.41) is 5.45. The van der Waals surface area contributed by atoms with Crippen LogP contribution < -0.4 is 20.1 Å². The lowest BCUT2D eigenvalue weighted by Gasteiger charge is -2.10. The summed E-state index contributed by atoms with van der Waals surface area (Å²) in [6.07, 6.45) is 0.0385. The Kier molecular flexibility index (Phi) is 6.54. The Morgan fingerprint density at radius 1 is 1.21 bits per heavy atom. The lowest BCUT2D eigenvalue weighted by atomic mass is 10.2. The SMILES string of the molecule is CCOc1ccc(N=C2NC(=O)C(CC(=O)Nc3ccccc3OC)S2)cc1. The summed E-state index contributed by atoms with van der Waals surface area (Å²) < 4.78 is 10.6. The minimum Gasteiger partial charge on any atom is -0.495 e. The Balaban J connectivity index is 1.60. The van der Waals surface area contributed by atoms with E-state index in [-0.39, 0.29) is 18.2 Å². The Hall–Kier alpha value is -3.00. The third-order valence-corrected chi connectivity index (χ3v) is 4.99. The van der Waals surface area contributed by atoms with Gasteiger partial charge in [0.25, 0.3) is 0 Å². The maximum atomic E-state index is 12.3. The van der Waals surface area contributed by atoms with Crippen LogP contribution in [0.15, 0.2) is 53.5 Å². The Morgan fingerprint density at radius 3 is 2.68 bits per heavy atom. The minimum absolute atomic E-state index is 0.0385. The molecule has 0 radical (unpaired) electrons. The van der Waals surface area contributed by atoms with Gasteiger partial charge in [-0.3, -0.25) is 9.59 Å². The van der Waals surface area contributed by atoms with Crippen molar-refractivity contribution in [2.75, 3.05) is 19.0 Å². The first-order valence-electron chi connectivity index (χ1n) is 8.81. The Morgan fingerprint density at radius 2 is 1.96 bits per heavy atom. The number of rotatable bonds is 7. The zero-order chi connectivity index (χ0) is 19.9. The average molecular weight is 399 g/mol. The number of methoxy groups -OCH3 is 1. The van der Waals surface area contributed by atoms with Crippen molar-refractivity contribution in [2.24, 2.45) is 4.99 Å². The van der Waals surface area contributed by atoms with Gasteiger partial charge in [0.15, 0.2) is 5.17 Å². The first-order valence-corrected chi connectivity index (χ1v) is 9.69. The first kappa shape index (κ1) is 19.8. The van der Waals surface area contributed by atoms with Crippen molar-refractivity contribution in [1.82, 2.24) is 5.32 Å². The van der Waals surface area contributed by atoms with Crippen molar-refractivity contribution in [2.45, 2.75) is 18.6 Å². The maximum absolute atomic E-state index is 12.3. The molecule has 1 aliphatic heterocycles. The number of aliphatic imine (C=N–C) groups is 1. The van der Waals surface area contributed by atoms with Gasteiger partial charge in [-0.2, -0.15) is 0 Å². The van der Waals surface area contributed by atoms with Gasteiger partial charge in [0.05, 0.1) is 25.1 Å². The fourth-order valence-corrected chi connectivity index (χ4v) is 3.60. The number of para-hydroxylation sites is 2. The second-order valence-corrected chi connectivity index (χ2v) is 7.08. The average Bonchev–Trinajstić information content (AvgIpc) is 3.02. The molecule has 8 heteroatoms. The largest absolute Gasteiger partial charge is 0.495 e. The molecule has 7 nitrogen and oxygen atoms in total. The molecule has 3 rings (SSSR count). The van der Waals surface area contributed by atoms with Crippen molar-refractivity contribution < 1.29 is 19.1 Å². The summed E-state index contributed by atoms with van der Waals surface area (Å²) in [5.74, 6) is 0.835. The third-order valence-electron chi connectivity index (χ3n) is 3.91. The number of anilines is 1. The van der Waals surface area contributed by atoms with Gasteiger partial charge in [-0.05, 0) is 43.3 Å². The van der Waals surface area contributed by atoms with Gasteiger partial charge >= 0.3 is 0 Å². The number of carbonyl (C=O) groups is 2. The van der Waals surface area contributed by atoms with Gasteiger partial charge < -0.3 is 20.1 Å². The number of thioether (sulfide) groups is 1. The van der Waals surface area contributed by atoms with E-state index in [0.29, 0.717) is 28.9 Å². The van der Waals surface area contributed by atoms with Crippen LogP contribution in [0, 0.1) is 0 Å². The number of amidine groups is 1. The number of carbonyl (C=O) groups excluding carboxylic acids is 2. The highest BCUT2D eigenvalue weighted by Crippen LogP contribution is 2.28. The lowest BCUT2D eigenvalue weighted by molar-refractivity contribution is -0.122. The summed E-state index contributed by atoms with van der Waals surface area (Å²) in [6.45, 7) is 2.52. The predicted molar refractivity (Wildman–Crippen MR) is 110 cm³/mol. The van der Waals surface area contributed by atoms with Crippen LogP contribution in [0.5, 0.6) is 11.5 Å². The Bertz CT molecular complexity index is 883. The van der Waals surface area contributed by atoms with E-state index in [2.05, 4.69) is 15.6 Å². The van der Waals surface area contributed by atoms with Crippen LogP contribution in [0.3, 0.4) is 0 Å². The Labute approximate surface area is 167 Å². The van der Waals surface area contributed by atoms with Crippen LogP contribution in [-0.2, 0) is 9.59 Å². The van der Waals surface area contributed by atoms with Gasteiger partial charge in [-0.25, -0.2) is 4.99 Å². The number of nitrogens with zero attached hydrogens (tertiary/aromatic N) is 1. The van der Waals surface area contributed by atoms with E-state index >= 15 is 0 Å². The molecule has 0 bridgehead atoms. The van der Waals surface area contributed by atoms with E-state index in [1.807, 2.05) is 37.3 Å². The molecule has 1 saturated heterocycles. The van der Waals surface area contributed by atoms with Crippen LogP contribution in [0.25, 0.3) is 0 Å². The van der Waals surface area contributed by atoms with Gasteiger partial charge in [0, 0.05) is 6.42 Å². The van der Waals surface area contributed by atoms with E-state index in [0.717, 1.165) is 5.75 Å². The molecule has 1 fully saturated rings. The summed E-state index contributed by atoms with van der Waals surface area (Å²) in [5.41, 5.74) is 1.27. The maximum Gasteiger partial charge on any atom is 0.240 e. The number of nitrogens with one attached hydrogen (secondary N) is 2. The molecule has 146 valence electrons. The highest BCUT2D eigenvalue weighted by molar-refractivity contribution is 8.15. The summed E-state index contributed by atoms with van der Waals surface area (Å²) >= 11 is 1.24. The van der Waals surface area contributed by atoms with Crippen molar-refractivity contribution in [3.63, 3.8) is 0 Å². The van der Waals surface area contributed by atoms with E-state index in [4.69, 9.17) is 9.47 Å². The van der Waals surface area contributed by atoms with Crippen molar-refractivity contribution in [1.29, 1.82) is 0 Å². The standard InChI is InChI=1S/C20H21N3O4S/c1-3-27-14-10-8-13(9-11-14)21-20-23-19(25)17(28-20)12-18(24)22-15-6-4-5-7-16(15)26-2/h4-11,17H,3,12H2,1-2H3,(H,22,24)(H,21,23,25). The number of amides is 2. The van der Waals surface area contributed by atoms with Crippen LogP contribution in [0.1, 0.15) is 13.3 Å². The number of hydrogen-bond acceptors (Lipinski definition) is 6. The molecule has 1 heterocycles. The van der Waals surface area contributed by atoms with E-state index < -0.39 is 5.25 Å². The van der Waals surface area contributed by atoms with Gasteiger partial charge in [0.2, 0.25) is 11.8 Å². The predicted octanol–water partition coefficient (Wildman–Crippen LogP) is 3.34. The fraction of sp³-hybridized carbons (Fsp3) is 0.250.